The number of carbonyl (C=O) groups is 2. The largest absolute Gasteiger partial charge is 0.619 e. The second kappa shape index (κ2) is 5.79. The van der Waals surface area contributed by atoms with E-state index >= 15 is 0 Å². The first-order valence-electron chi connectivity index (χ1n) is 5.62. The number of hydrazine groups is 1. The number of nitrogens with zero attached hydrogens (tertiary/aromatic N) is 1. The first kappa shape index (κ1) is 13.5. The fourth-order valence-corrected chi connectivity index (χ4v) is 1.46. The molecule has 0 aliphatic heterocycles. The second-order valence-corrected chi connectivity index (χ2v) is 3.83. The number of hydrogen-bond donors (Lipinski definition) is 2. The van der Waals surface area contributed by atoms with Gasteiger partial charge in [0.05, 0.1) is 11.1 Å². The van der Waals surface area contributed by atoms with Crippen LogP contribution in [-0.2, 0) is 0 Å². The van der Waals surface area contributed by atoms with Crippen LogP contribution in [0.4, 0.5) is 4.39 Å². The molecule has 2 rings (SSSR count). The van der Waals surface area contributed by atoms with Crippen molar-refractivity contribution in [3.63, 3.8) is 0 Å². The summed E-state index contributed by atoms with van der Waals surface area (Å²) in [5.74, 6) is -2.08. The maximum absolute atomic E-state index is 13.3. The van der Waals surface area contributed by atoms with E-state index in [9.17, 15) is 19.2 Å². The summed E-state index contributed by atoms with van der Waals surface area (Å²) >= 11 is 0. The molecule has 0 aliphatic rings. The van der Waals surface area contributed by atoms with Gasteiger partial charge < -0.3 is 5.21 Å². The quantitative estimate of drug-likeness (QED) is 0.476. The molecular formula is C13H10FN3O3. The Hall–Kier alpha value is -2.96. The van der Waals surface area contributed by atoms with Crippen molar-refractivity contribution >= 4 is 11.8 Å². The van der Waals surface area contributed by atoms with Gasteiger partial charge in [-0.15, -0.1) is 0 Å². The highest BCUT2D eigenvalue weighted by Gasteiger charge is 2.12. The molecule has 102 valence electrons. The first-order valence-corrected chi connectivity index (χ1v) is 5.62. The molecule has 2 aromatic rings. The van der Waals surface area contributed by atoms with E-state index in [1.165, 1.54) is 30.3 Å². The van der Waals surface area contributed by atoms with Crippen LogP contribution in [0.3, 0.4) is 0 Å². The predicted molar refractivity (Wildman–Crippen MR) is 66.7 cm³/mol. The smallest absolute Gasteiger partial charge is 0.272 e. The molecule has 7 heteroatoms. The lowest BCUT2D eigenvalue weighted by Gasteiger charge is -2.07. The number of pyridine rings is 1. The van der Waals surface area contributed by atoms with Crippen molar-refractivity contribution in [1.82, 2.24) is 10.9 Å². The molecule has 0 saturated carbocycles. The third-order valence-electron chi connectivity index (χ3n) is 2.47. The van der Waals surface area contributed by atoms with E-state index in [-0.39, 0.29) is 11.1 Å². The highest BCUT2D eigenvalue weighted by Crippen LogP contribution is 2.05. The van der Waals surface area contributed by atoms with Crippen LogP contribution in [0, 0.1) is 11.0 Å². The SMILES string of the molecule is O=C(NNC(=O)c1ccccc1F)c1cc[n+]([O-])cc1. The number of benzene rings is 1. The van der Waals surface area contributed by atoms with Gasteiger partial charge in [-0.3, -0.25) is 20.4 Å². The van der Waals surface area contributed by atoms with Gasteiger partial charge in [-0.05, 0) is 12.1 Å². The molecule has 1 aromatic heterocycles. The van der Waals surface area contributed by atoms with Crippen LogP contribution in [0.1, 0.15) is 20.7 Å². The Bertz CT molecular complexity index is 644. The molecule has 2 amide bonds. The summed E-state index contributed by atoms with van der Waals surface area (Å²) in [5, 5.41) is 10.8. The fraction of sp³-hybridized carbons (Fsp3) is 0. The van der Waals surface area contributed by atoms with Crippen molar-refractivity contribution in [1.29, 1.82) is 0 Å². The Labute approximate surface area is 113 Å². The minimum atomic E-state index is -0.772. The lowest BCUT2D eigenvalue weighted by Crippen LogP contribution is -2.42. The van der Waals surface area contributed by atoms with Crippen molar-refractivity contribution in [3.05, 3.63) is 70.9 Å². The standard InChI is InChI=1S/C13H10FN3O3/c14-11-4-2-1-3-10(11)13(19)16-15-12(18)9-5-7-17(20)8-6-9/h1-8H,(H,15,18)(H,16,19). The zero-order chi connectivity index (χ0) is 14.5. The molecule has 0 atom stereocenters. The van der Waals surface area contributed by atoms with Gasteiger partial charge in [0, 0.05) is 12.1 Å². The summed E-state index contributed by atoms with van der Waals surface area (Å²) in [6.07, 6.45) is 2.29. The topological polar surface area (TPSA) is 85.1 Å². The lowest BCUT2D eigenvalue weighted by atomic mass is 10.2. The van der Waals surface area contributed by atoms with E-state index in [1.807, 2.05) is 0 Å². The highest BCUT2D eigenvalue weighted by molar-refractivity contribution is 5.99. The summed E-state index contributed by atoms with van der Waals surface area (Å²) in [5.41, 5.74) is 4.22. The maximum atomic E-state index is 13.3. The van der Waals surface area contributed by atoms with Gasteiger partial charge >= 0.3 is 0 Å². The molecule has 6 nitrogen and oxygen atoms in total. The molecule has 0 radical (unpaired) electrons. The molecule has 0 unspecified atom stereocenters. The second-order valence-electron chi connectivity index (χ2n) is 3.83. The van der Waals surface area contributed by atoms with E-state index in [4.69, 9.17) is 0 Å². The van der Waals surface area contributed by atoms with Gasteiger partial charge in [-0.2, -0.15) is 4.73 Å². The van der Waals surface area contributed by atoms with Crippen molar-refractivity contribution in [3.8, 4) is 0 Å². The monoisotopic (exact) mass is 275 g/mol. The van der Waals surface area contributed by atoms with E-state index in [1.54, 1.807) is 0 Å². The average molecular weight is 275 g/mol. The molecule has 1 aromatic carbocycles. The van der Waals surface area contributed by atoms with Gasteiger partial charge in [-0.25, -0.2) is 4.39 Å². The van der Waals surface area contributed by atoms with Gasteiger partial charge in [0.25, 0.3) is 11.8 Å². The summed E-state index contributed by atoms with van der Waals surface area (Å²) < 4.78 is 13.8. The van der Waals surface area contributed by atoms with Gasteiger partial charge in [0.15, 0.2) is 12.4 Å². The van der Waals surface area contributed by atoms with Crippen LogP contribution in [0.25, 0.3) is 0 Å². The number of hydrogen-bond acceptors (Lipinski definition) is 3. The summed E-state index contributed by atoms with van der Waals surface area (Å²) in [4.78, 5) is 23.3. The lowest BCUT2D eigenvalue weighted by molar-refractivity contribution is -0.605. The van der Waals surface area contributed by atoms with Gasteiger partial charge in [0.2, 0.25) is 0 Å². The summed E-state index contributed by atoms with van der Waals surface area (Å²) in [7, 11) is 0. The van der Waals surface area contributed by atoms with E-state index in [2.05, 4.69) is 10.9 Å². The minimum absolute atomic E-state index is 0.182. The Morgan fingerprint density at radius 1 is 1.00 bits per heavy atom. The van der Waals surface area contributed by atoms with E-state index in [0.717, 1.165) is 18.5 Å². The number of nitrogens with one attached hydrogen (secondary N) is 2. The number of halogens is 1. The number of carbonyl (C=O) groups excluding carboxylic acids is 2. The average Bonchev–Trinajstić information content (AvgIpc) is 2.45. The Morgan fingerprint density at radius 3 is 2.25 bits per heavy atom. The first-order chi connectivity index (χ1) is 9.58. The zero-order valence-electron chi connectivity index (χ0n) is 10.2. The molecular weight excluding hydrogens is 265 g/mol. The van der Waals surface area contributed by atoms with Crippen molar-refractivity contribution in [2.45, 2.75) is 0 Å². The normalized spacial score (nSPS) is 9.85. The number of amides is 2. The van der Waals surface area contributed by atoms with Gasteiger partial charge in [-0.1, -0.05) is 12.1 Å². The molecule has 0 bridgehead atoms. The number of rotatable bonds is 2. The Kier molecular flexibility index (Phi) is 3.90. The van der Waals surface area contributed by atoms with Crippen molar-refractivity contribution in [2.75, 3.05) is 0 Å². The number of aromatic nitrogens is 1. The van der Waals surface area contributed by atoms with Crippen LogP contribution < -0.4 is 15.6 Å². The van der Waals surface area contributed by atoms with E-state index < -0.39 is 17.6 Å². The Balaban J connectivity index is 1.99. The molecule has 0 spiro atoms. The molecule has 0 aliphatic carbocycles. The molecule has 2 N–H and O–H groups in total. The van der Waals surface area contributed by atoms with Gasteiger partial charge in [0.1, 0.15) is 5.82 Å². The molecule has 1 heterocycles. The van der Waals surface area contributed by atoms with Crippen LogP contribution in [0.5, 0.6) is 0 Å². The fourth-order valence-electron chi connectivity index (χ4n) is 1.46. The maximum Gasteiger partial charge on any atom is 0.272 e. The van der Waals surface area contributed by atoms with Crippen LogP contribution in [0.15, 0.2) is 48.8 Å². The van der Waals surface area contributed by atoms with Crippen molar-refractivity contribution in [2.24, 2.45) is 0 Å². The van der Waals surface area contributed by atoms with E-state index in [0.29, 0.717) is 4.73 Å². The third kappa shape index (κ3) is 3.08. The van der Waals surface area contributed by atoms with Crippen molar-refractivity contribution < 1.29 is 18.7 Å². The highest BCUT2D eigenvalue weighted by atomic mass is 19.1. The zero-order valence-corrected chi connectivity index (χ0v) is 10.2. The van der Waals surface area contributed by atoms with Crippen LogP contribution in [-0.4, -0.2) is 11.8 Å². The summed E-state index contributed by atoms with van der Waals surface area (Å²) in [6.45, 7) is 0. The van der Waals surface area contributed by atoms with Crippen LogP contribution in [0.2, 0.25) is 0 Å². The summed E-state index contributed by atoms with van der Waals surface area (Å²) in [6, 6.07) is 7.96. The molecule has 0 saturated heterocycles. The predicted octanol–water partition coefficient (Wildman–Crippen LogP) is 0.534. The molecule has 0 fully saturated rings. The minimum Gasteiger partial charge on any atom is -0.619 e. The Morgan fingerprint density at radius 2 is 1.60 bits per heavy atom. The third-order valence-corrected chi connectivity index (χ3v) is 2.47. The van der Waals surface area contributed by atoms with Crippen LogP contribution >= 0.6 is 0 Å². The molecule has 20 heavy (non-hydrogen) atoms.